The second-order valence-electron chi connectivity index (χ2n) is 14.1. The summed E-state index contributed by atoms with van der Waals surface area (Å²) in [5, 5.41) is 15.2. The minimum atomic E-state index is -0.707. The van der Waals surface area contributed by atoms with E-state index in [-0.39, 0.29) is 5.92 Å². The Balaban J connectivity index is 1.04. The molecule has 0 amide bonds. The largest absolute Gasteiger partial charge is 0.481 e. The summed E-state index contributed by atoms with van der Waals surface area (Å²) in [7, 11) is 0. The van der Waals surface area contributed by atoms with Gasteiger partial charge in [-0.05, 0) is 115 Å². The molecule has 252 valence electrons. The molecule has 0 unspecified atom stereocenters. The Hall–Kier alpha value is -5.21. The van der Waals surface area contributed by atoms with Gasteiger partial charge in [-0.2, -0.15) is 0 Å². The van der Waals surface area contributed by atoms with Gasteiger partial charge in [0.05, 0.1) is 17.1 Å². The van der Waals surface area contributed by atoms with Crippen LogP contribution >= 0.6 is 0 Å². The minimum Gasteiger partial charge on any atom is -0.481 e. The lowest BCUT2D eigenvalue weighted by Gasteiger charge is -2.18. The summed E-state index contributed by atoms with van der Waals surface area (Å²) in [4.78, 5) is 32.9. The second-order valence-corrected chi connectivity index (χ2v) is 14.1. The van der Waals surface area contributed by atoms with E-state index >= 15 is 0 Å². The molecule has 8 rings (SSSR count). The number of hydrogen-bond acceptors (Lipinski definition) is 7. The van der Waals surface area contributed by atoms with Gasteiger partial charge in [0.1, 0.15) is 5.52 Å². The zero-order valence-electron chi connectivity index (χ0n) is 28.7. The van der Waals surface area contributed by atoms with Gasteiger partial charge < -0.3 is 10.4 Å². The normalized spacial score (nSPS) is 16.8. The Labute approximate surface area is 292 Å². The SMILES string of the molecule is Cc1c(Cc2nccc3cc(CN4CC[C@@H](C(=O)O)C4)cnc23)cccc1-c1cccc(Nc2nccc3cc(C4CCCC4)cnc23)c1C. The topological polar surface area (TPSA) is 104 Å². The number of carboxylic acids is 1. The lowest BCUT2D eigenvalue weighted by atomic mass is 9.91. The number of rotatable bonds is 9. The first-order valence-electron chi connectivity index (χ1n) is 17.8. The molecule has 0 spiro atoms. The third-order valence-corrected chi connectivity index (χ3v) is 10.9. The standard InChI is InChI=1S/C42H42N6O2/c1-26-30(21-38-39-31(13-16-43-38)19-28(22-45-39)24-48-18-15-33(25-48)42(49)50)9-5-10-35(26)36-11-6-12-37(27(36)2)47-41-40-32(14-17-44-41)20-34(23-46-40)29-7-3-4-8-29/h5-6,9-14,16-17,19-20,22-23,29,33H,3-4,7-8,15,18,21,24-25H2,1-2H3,(H,44,47)(H,49,50)/t33-/m1/s1. The Kier molecular flexibility index (Phi) is 8.71. The van der Waals surface area contributed by atoms with Crippen molar-refractivity contribution in [2.75, 3.05) is 18.4 Å². The first-order valence-corrected chi connectivity index (χ1v) is 17.8. The van der Waals surface area contributed by atoms with Gasteiger partial charge in [0.25, 0.3) is 0 Å². The Morgan fingerprint density at radius 3 is 2.38 bits per heavy atom. The van der Waals surface area contributed by atoms with Crippen molar-refractivity contribution in [3.63, 3.8) is 0 Å². The van der Waals surface area contributed by atoms with E-state index in [9.17, 15) is 9.90 Å². The lowest BCUT2D eigenvalue weighted by Crippen LogP contribution is -2.22. The first kappa shape index (κ1) is 32.0. The highest BCUT2D eigenvalue weighted by molar-refractivity contribution is 5.91. The fraction of sp³-hybridized carbons (Fsp3) is 0.310. The summed E-state index contributed by atoms with van der Waals surface area (Å²) in [5.74, 6) is 0.404. The Morgan fingerprint density at radius 1 is 0.840 bits per heavy atom. The van der Waals surface area contributed by atoms with Gasteiger partial charge >= 0.3 is 5.97 Å². The van der Waals surface area contributed by atoms with Gasteiger partial charge in [-0.15, -0.1) is 0 Å². The lowest BCUT2D eigenvalue weighted by molar-refractivity contribution is -0.141. The van der Waals surface area contributed by atoms with Crippen LogP contribution in [0.1, 0.15) is 71.5 Å². The van der Waals surface area contributed by atoms with Crippen molar-refractivity contribution in [3.05, 3.63) is 119 Å². The van der Waals surface area contributed by atoms with E-state index in [1.54, 1.807) is 0 Å². The molecule has 2 N–H and O–H groups in total. The quantitative estimate of drug-likeness (QED) is 0.158. The summed E-state index contributed by atoms with van der Waals surface area (Å²) in [5.41, 5.74) is 12.1. The maximum absolute atomic E-state index is 11.4. The number of fused-ring (bicyclic) bond motifs is 2. The van der Waals surface area contributed by atoms with Gasteiger partial charge in [0, 0.05) is 60.8 Å². The molecule has 2 aliphatic rings. The minimum absolute atomic E-state index is 0.284. The number of carbonyl (C=O) groups is 1. The van der Waals surface area contributed by atoms with E-state index < -0.39 is 5.97 Å². The molecule has 6 aromatic rings. The smallest absolute Gasteiger partial charge is 0.307 e. The molecule has 2 fully saturated rings. The molecule has 0 bridgehead atoms. The summed E-state index contributed by atoms with van der Waals surface area (Å²) in [6.07, 6.45) is 14.2. The van der Waals surface area contributed by atoms with Crippen molar-refractivity contribution >= 4 is 39.3 Å². The van der Waals surface area contributed by atoms with Crippen LogP contribution < -0.4 is 5.32 Å². The van der Waals surface area contributed by atoms with E-state index in [1.807, 2.05) is 24.7 Å². The van der Waals surface area contributed by atoms with Gasteiger partial charge in [-0.3, -0.25) is 24.6 Å². The molecule has 1 saturated heterocycles. The molecule has 2 aromatic carbocycles. The zero-order chi connectivity index (χ0) is 34.2. The number of nitrogens with zero attached hydrogens (tertiary/aromatic N) is 5. The number of likely N-dealkylation sites (tertiary alicyclic amines) is 1. The molecule has 1 aliphatic carbocycles. The van der Waals surface area contributed by atoms with E-state index in [4.69, 9.17) is 19.9 Å². The number of carboxylic acid groups (broad SMARTS) is 1. The van der Waals surface area contributed by atoms with Gasteiger partial charge in [-0.1, -0.05) is 43.2 Å². The maximum atomic E-state index is 11.4. The molecule has 4 aromatic heterocycles. The van der Waals surface area contributed by atoms with Crippen LogP contribution in [0.2, 0.25) is 0 Å². The molecule has 1 atom stereocenters. The number of aliphatic carboxylic acids is 1. The van der Waals surface area contributed by atoms with E-state index in [0.717, 1.165) is 56.7 Å². The molecular weight excluding hydrogens is 621 g/mol. The number of nitrogens with one attached hydrogen (secondary N) is 1. The van der Waals surface area contributed by atoms with Crippen LogP contribution in [-0.4, -0.2) is 49.0 Å². The van der Waals surface area contributed by atoms with Crippen LogP contribution in [0.5, 0.6) is 0 Å². The van der Waals surface area contributed by atoms with Crippen molar-refractivity contribution in [1.29, 1.82) is 0 Å². The summed E-state index contributed by atoms with van der Waals surface area (Å²) in [6.45, 7) is 6.44. The summed E-state index contributed by atoms with van der Waals surface area (Å²) >= 11 is 0. The second kappa shape index (κ2) is 13.6. The maximum Gasteiger partial charge on any atom is 0.307 e. The predicted octanol–water partition coefficient (Wildman–Crippen LogP) is 8.76. The Morgan fingerprint density at radius 2 is 1.58 bits per heavy atom. The third kappa shape index (κ3) is 6.31. The number of aromatic nitrogens is 4. The van der Waals surface area contributed by atoms with Crippen molar-refractivity contribution in [2.24, 2.45) is 5.92 Å². The van der Waals surface area contributed by atoms with Crippen LogP contribution in [0.25, 0.3) is 32.9 Å². The van der Waals surface area contributed by atoms with Crippen LogP contribution in [0.3, 0.4) is 0 Å². The zero-order valence-corrected chi connectivity index (χ0v) is 28.7. The Bertz CT molecular complexity index is 2230. The van der Waals surface area contributed by atoms with Crippen molar-refractivity contribution in [1.82, 2.24) is 24.8 Å². The van der Waals surface area contributed by atoms with Crippen LogP contribution in [0, 0.1) is 19.8 Å². The average Bonchev–Trinajstić information content (AvgIpc) is 3.84. The van der Waals surface area contributed by atoms with Crippen molar-refractivity contribution in [2.45, 2.75) is 64.8 Å². The highest BCUT2D eigenvalue weighted by Crippen LogP contribution is 2.37. The van der Waals surface area contributed by atoms with Crippen molar-refractivity contribution < 1.29 is 9.90 Å². The molecule has 50 heavy (non-hydrogen) atoms. The molecule has 8 nitrogen and oxygen atoms in total. The molecule has 8 heteroatoms. The molecule has 0 radical (unpaired) electrons. The van der Waals surface area contributed by atoms with Crippen LogP contribution in [0.4, 0.5) is 11.5 Å². The number of anilines is 2. The number of hydrogen-bond donors (Lipinski definition) is 2. The fourth-order valence-corrected chi connectivity index (χ4v) is 8.00. The van der Waals surface area contributed by atoms with Gasteiger partial charge in [0.2, 0.25) is 0 Å². The van der Waals surface area contributed by atoms with E-state index in [1.165, 1.54) is 53.5 Å². The van der Waals surface area contributed by atoms with Gasteiger partial charge in [0.15, 0.2) is 5.82 Å². The number of benzene rings is 2. The highest BCUT2D eigenvalue weighted by atomic mass is 16.4. The monoisotopic (exact) mass is 662 g/mol. The third-order valence-electron chi connectivity index (χ3n) is 10.9. The molecule has 1 saturated carbocycles. The predicted molar refractivity (Wildman–Crippen MR) is 199 cm³/mol. The van der Waals surface area contributed by atoms with E-state index in [2.05, 4.69) is 84.9 Å². The molecule has 1 aliphatic heterocycles. The van der Waals surface area contributed by atoms with Gasteiger partial charge in [-0.25, -0.2) is 4.98 Å². The average molecular weight is 663 g/mol. The summed E-state index contributed by atoms with van der Waals surface area (Å²) < 4.78 is 0. The highest BCUT2D eigenvalue weighted by Gasteiger charge is 2.28. The summed E-state index contributed by atoms with van der Waals surface area (Å²) in [6, 6.07) is 21.5. The number of pyridine rings is 4. The fourth-order valence-electron chi connectivity index (χ4n) is 8.00. The van der Waals surface area contributed by atoms with E-state index in [0.29, 0.717) is 31.8 Å². The van der Waals surface area contributed by atoms with Crippen molar-refractivity contribution in [3.8, 4) is 11.1 Å². The van der Waals surface area contributed by atoms with Crippen LogP contribution in [-0.2, 0) is 17.8 Å². The molecular formula is C42H42N6O2. The molecule has 5 heterocycles. The first-order chi connectivity index (χ1) is 24.4. The van der Waals surface area contributed by atoms with Crippen LogP contribution in [0.15, 0.2) is 85.5 Å².